The summed E-state index contributed by atoms with van der Waals surface area (Å²) in [7, 11) is 0. The van der Waals surface area contributed by atoms with Crippen LogP contribution in [-0.4, -0.2) is 53.2 Å². The zero-order valence-electron chi connectivity index (χ0n) is 17.1. The SMILES string of the molecule is OCCn1cc2ccc(Nc3nc4cccc(NC5CCC(O)CC5)n4n3)cc2c1O. The van der Waals surface area contributed by atoms with Crippen LogP contribution < -0.4 is 10.6 Å². The normalized spacial score (nSPS) is 19.2. The van der Waals surface area contributed by atoms with Gasteiger partial charge in [-0.1, -0.05) is 12.1 Å². The van der Waals surface area contributed by atoms with Crippen molar-refractivity contribution in [3.05, 3.63) is 42.6 Å². The van der Waals surface area contributed by atoms with Gasteiger partial charge in [0, 0.05) is 35.2 Å². The van der Waals surface area contributed by atoms with Crippen molar-refractivity contribution in [1.82, 2.24) is 19.2 Å². The van der Waals surface area contributed by atoms with Gasteiger partial charge in [-0.15, -0.1) is 5.10 Å². The maximum absolute atomic E-state index is 10.4. The van der Waals surface area contributed by atoms with Crippen LogP contribution in [0.25, 0.3) is 16.4 Å². The maximum atomic E-state index is 10.4. The van der Waals surface area contributed by atoms with Crippen molar-refractivity contribution in [3.8, 4) is 5.88 Å². The lowest BCUT2D eigenvalue weighted by Crippen LogP contribution is -2.29. The summed E-state index contributed by atoms with van der Waals surface area (Å²) in [5, 5.41) is 42.2. The molecule has 162 valence electrons. The summed E-state index contributed by atoms with van der Waals surface area (Å²) in [6, 6.07) is 11.8. The number of rotatable bonds is 6. The summed E-state index contributed by atoms with van der Waals surface area (Å²) in [5.74, 6) is 1.45. The van der Waals surface area contributed by atoms with Crippen LogP contribution >= 0.6 is 0 Å². The van der Waals surface area contributed by atoms with Crippen molar-refractivity contribution in [2.45, 2.75) is 44.4 Å². The summed E-state index contributed by atoms with van der Waals surface area (Å²) >= 11 is 0. The molecule has 1 aliphatic rings. The first-order chi connectivity index (χ1) is 15.1. The molecule has 1 saturated carbocycles. The number of benzene rings is 1. The topological polar surface area (TPSA) is 120 Å². The number of hydrogen-bond acceptors (Lipinski definition) is 7. The first-order valence-corrected chi connectivity index (χ1v) is 10.6. The van der Waals surface area contributed by atoms with Crippen LogP contribution in [0.2, 0.25) is 0 Å². The second kappa shape index (κ2) is 8.09. The van der Waals surface area contributed by atoms with Gasteiger partial charge in [-0.3, -0.25) is 0 Å². The molecule has 0 atom stereocenters. The largest absolute Gasteiger partial charge is 0.494 e. The average Bonchev–Trinajstić information content (AvgIpc) is 3.32. The van der Waals surface area contributed by atoms with Crippen LogP contribution in [0.5, 0.6) is 5.88 Å². The van der Waals surface area contributed by atoms with E-state index in [0.29, 0.717) is 23.9 Å². The van der Waals surface area contributed by atoms with Crippen molar-refractivity contribution in [2.75, 3.05) is 17.2 Å². The number of pyridine rings is 1. The number of aliphatic hydroxyl groups is 2. The van der Waals surface area contributed by atoms with Gasteiger partial charge in [-0.05, 0) is 49.9 Å². The van der Waals surface area contributed by atoms with Crippen LogP contribution in [0.3, 0.4) is 0 Å². The van der Waals surface area contributed by atoms with E-state index in [-0.39, 0.29) is 18.6 Å². The molecule has 1 aliphatic carbocycles. The van der Waals surface area contributed by atoms with Crippen molar-refractivity contribution < 1.29 is 15.3 Å². The molecule has 1 aromatic carbocycles. The Morgan fingerprint density at radius 2 is 1.94 bits per heavy atom. The van der Waals surface area contributed by atoms with E-state index in [1.807, 2.05) is 42.6 Å². The van der Waals surface area contributed by atoms with Crippen LogP contribution in [0.4, 0.5) is 17.5 Å². The van der Waals surface area contributed by atoms with Crippen LogP contribution in [0.1, 0.15) is 25.7 Å². The fourth-order valence-corrected chi connectivity index (χ4v) is 4.23. The number of fused-ring (bicyclic) bond motifs is 2. The number of aromatic hydroxyl groups is 1. The van der Waals surface area contributed by atoms with E-state index >= 15 is 0 Å². The monoisotopic (exact) mass is 422 g/mol. The molecule has 3 aromatic heterocycles. The Morgan fingerprint density at radius 1 is 1.10 bits per heavy atom. The first-order valence-electron chi connectivity index (χ1n) is 10.6. The molecule has 5 rings (SSSR count). The Morgan fingerprint density at radius 3 is 2.74 bits per heavy atom. The van der Waals surface area contributed by atoms with Gasteiger partial charge in [-0.2, -0.15) is 9.50 Å². The van der Waals surface area contributed by atoms with Gasteiger partial charge in [0.05, 0.1) is 12.7 Å². The van der Waals surface area contributed by atoms with Gasteiger partial charge < -0.3 is 30.5 Å². The molecule has 0 unspecified atom stereocenters. The summed E-state index contributed by atoms with van der Waals surface area (Å²) in [4.78, 5) is 4.57. The van der Waals surface area contributed by atoms with Gasteiger partial charge >= 0.3 is 0 Å². The third-order valence-electron chi connectivity index (χ3n) is 5.87. The van der Waals surface area contributed by atoms with Gasteiger partial charge in [0.2, 0.25) is 5.95 Å². The van der Waals surface area contributed by atoms with Crippen LogP contribution in [0, 0.1) is 0 Å². The third kappa shape index (κ3) is 3.89. The minimum absolute atomic E-state index is 0.0391. The van der Waals surface area contributed by atoms with Gasteiger partial charge in [0.25, 0.3) is 0 Å². The summed E-state index contributed by atoms with van der Waals surface area (Å²) < 4.78 is 3.40. The Bertz CT molecular complexity index is 1210. The molecule has 3 heterocycles. The standard InChI is InChI=1S/C22H26N6O3/c29-11-10-27-13-14-4-5-16(12-18(14)21(27)31)24-22-25-20-3-1-2-19(28(20)26-22)23-15-6-8-17(30)9-7-15/h1-5,12-13,15,17,23,29-31H,6-11H2,(H,24,26). The highest BCUT2D eigenvalue weighted by atomic mass is 16.3. The highest BCUT2D eigenvalue weighted by Gasteiger charge is 2.20. The first kappa shape index (κ1) is 19.7. The molecule has 0 spiro atoms. The molecule has 9 heteroatoms. The number of hydrogen-bond donors (Lipinski definition) is 5. The second-order valence-electron chi connectivity index (χ2n) is 8.06. The molecule has 0 radical (unpaired) electrons. The van der Waals surface area contributed by atoms with Crippen LogP contribution in [0.15, 0.2) is 42.6 Å². The van der Waals surface area contributed by atoms with Gasteiger partial charge in [-0.25, -0.2) is 0 Å². The Balaban J connectivity index is 1.39. The molecule has 0 amide bonds. The maximum Gasteiger partial charge on any atom is 0.247 e. The molecule has 9 nitrogen and oxygen atoms in total. The highest BCUT2D eigenvalue weighted by Crippen LogP contribution is 2.30. The van der Waals surface area contributed by atoms with E-state index in [9.17, 15) is 10.2 Å². The van der Waals surface area contributed by atoms with E-state index in [4.69, 9.17) is 5.11 Å². The van der Waals surface area contributed by atoms with Crippen molar-refractivity contribution in [1.29, 1.82) is 0 Å². The number of nitrogens with zero attached hydrogens (tertiary/aromatic N) is 4. The smallest absolute Gasteiger partial charge is 0.247 e. The molecular weight excluding hydrogens is 396 g/mol. The molecule has 4 aromatic rings. The van der Waals surface area contributed by atoms with Gasteiger partial charge in [0.15, 0.2) is 11.5 Å². The summed E-state index contributed by atoms with van der Waals surface area (Å²) in [5.41, 5.74) is 1.48. The predicted octanol–water partition coefficient (Wildman–Crippen LogP) is 2.84. The average molecular weight is 422 g/mol. The summed E-state index contributed by atoms with van der Waals surface area (Å²) in [6.07, 6.45) is 5.11. The molecule has 0 saturated heterocycles. The minimum Gasteiger partial charge on any atom is -0.494 e. The second-order valence-corrected chi connectivity index (χ2v) is 8.06. The number of anilines is 3. The highest BCUT2D eigenvalue weighted by molar-refractivity contribution is 5.91. The molecule has 0 aliphatic heterocycles. The zero-order chi connectivity index (χ0) is 21.4. The summed E-state index contributed by atoms with van der Waals surface area (Å²) in [6.45, 7) is 0.301. The lowest BCUT2D eigenvalue weighted by atomic mass is 9.93. The van der Waals surface area contributed by atoms with Crippen molar-refractivity contribution >= 4 is 33.9 Å². The number of aliphatic hydroxyl groups excluding tert-OH is 2. The Hall–Kier alpha value is -3.30. The van der Waals surface area contributed by atoms with Crippen molar-refractivity contribution in [2.24, 2.45) is 0 Å². The lowest BCUT2D eigenvalue weighted by Gasteiger charge is -2.26. The number of nitrogens with one attached hydrogen (secondary N) is 2. The lowest BCUT2D eigenvalue weighted by molar-refractivity contribution is 0.126. The Kier molecular flexibility index (Phi) is 5.13. The predicted molar refractivity (Wildman–Crippen MR) is 119 cm³/mol. The fourth-order valence-electron chi connectivity index (χ4n) is 4.23. The van der Waals surface area contributed by atoms with Crippen molar-refractivity contribution in [3.63, 3.8) is 0 Å². The number of aromatic nitrogens is 4. The molecule has 0 bridgehead atoms. The van der Waals surface area contributed by atoms with Gasteiger partial charge in [0.1, 0.15) is 5.82 Å². The van der Waals surface area contributed by atoms with E-state index < -0.39 is 0 Å². The Labute approximate surface area is 179 Å². The third-order valence-corrected chi connectivity index (χ3v) is 5.87. The molecular formula is C22H26N6O3. The van der Waals surface area contributed by atoms with E-state index in [2.05, 4.69) is 20.7 Å². The fraction of sp³-hybridized carbons (Fsp3) is 0.364. The van der Waals surface area contributed by atoms with E-state index in [0.717, 1.165) is 48.2 Å². The zero-order valence-corrected chi connectivity index (χ0v) is 17.1. The molecule has 31 heavy (non-hydrogen) atoms. The van der Waals surface area contributed by atoms with E-state index in [1.165, 1.54) is 0 Å². The molecule has 1 fully saturated rings. The van der Waals surface area contributed by atoms with E-state index in [1.54, 1.807) is 9.08 Å². The minimum atomic E-state index is -0.187. The quantitative estimate of drug-likeness (QED) is 0.324. The van der Waals surface area contributed by atoms with Crippen LogP contribution in [-0.2, 0) is 6.54 Å². The molecule has 5 N–H and O–H groups in total.